The molecule has 3 rings (SSSR count). The summed E-state index contributed by atoms with van der Waals surface area (Å²) in [7, 11) is -1.46. The number of carbonyl (C=O) groups is 1. The van der Waals surface area contributed by atoms with Gasteiger partial charge < -0.3 is 20.7 Å². The van der Waals surface area contributed by atoms with E-state index in [1.807, 2.05) is 0 Å². The van der Waals surface area contributed by atoms with Gasteiger partial charge in [0, 0.05) is 6.54 Å². The zero-order valence-electron chi connectivity index (χ0n) is 13.6. The van der Waals surface area contributed by atoms with Crippen molar-refractivity contribution in [1.82, 2.24) is 4.90 Å². The molecular formula is C16H29BN2O3. The van der Waals surface area contributed by atoms with Crippen LogP contribution in [0.1, 0.15) is 58.3 Å². The number of nitrogens with zero attached hydrogens (tertiary/aromatic N) is 1. The van der Waals surface area contributed by atoms with Gasteiger partial charge in [-0.3, -0.25) is 4.79 Å². The minimum atomic E-state index is -1.46. The van der Waals surface area contributed by atoms with Crippen molar-refractivity contribution in [3.8, 4) is 0 Å². The third kappa shape index (κ3) is 2.81. The van der Waals surface area contributed by atoms with E-state index in [4.69, 9.17) is 5.73 Å². The molecular weight excluding hydrogens is 279 g/mol. The first-order valence-corrected chi connectivity index (χ1v) is 8.85. The highest BCUT2D eigenvalue weighted by molar-refractivity contribution is 6.43. The molecule has 3 aliphatic rings. The van der Waals surface area contributed by atoms with Gasteiger partial charge in [-0.2, -0.15) is 0 Å². The summed E-state index contributed by atoms with van der Waals surface area (Å²) in [6.07, 6.45) is 8.35. The summed E-state index contributed by atoms with van der Waals surface area (Å²) in [5.41, 5.74) is 6.42. The van der Waals surface area contributed by atoms with Gasteiger partial charge in [0.15, 0.2) is 0 Å². The minimum absolute atomic E-state index is 0.0643. The first kappa shape index (κ1) is 16.3. The smallest absolute Gasteiger partial charge is 0.426 e. The lowest BCUT2D eigenvalue weighted by Gasteiger charge is -2.51. The van der Waals surface area contributed by atoms with E-state index in [1.165, 1.54) is 19.3 Å². The van der Waals surface area contributed by atoms with Gasteiger partial charge in [0.1, 0.15) is 0 Å². The van der Waals surface area contributed by atoms with Crippen LogP contribution in [0.5, 0.6) is 0 Å². The number of hydrogen-bond acceptors (Lipinski definition) is 4. The predicted octanol–water partition coefficient (Wildman–Crippen LogP) is 0.923. The highest BCUT2D eigenvalue weighted by atomic mass is 16.4. The van der Waals surface area contributed by atoms with Crippen LogP contribution in [-0.2, 0) is 4.79 Å². The van der Waals surface area contributed by atoms with E-state index in [9.17, 15) is 14.8 Å². The van der Waals surface area contributed by atoms with Crippen LogP contribution in [0.3, 0.4) is 0 Å². The van der Waals surface area contributed by atoms with Crippen molar-refractivity contribution in [3.63, 3.8) is 0 Å². The molecule has 0 aromatic carbocycles. The minimum Gasteiger partial charge on any atom is -0.426 e. The SMILES string of the molecule is CC1CC2CCCC([C@H](N)C(=O)N3CCC[C@H]3B(O)O)(C1)C2. The zero-order valence-corrected chi connectivity index (χ0v) is 13.6. The number of rotatable bonds is 3. The molecule has 1 amide bonds. The topological polar surface area (TPSA) is 86.8 Å². The van der Waals surface area contributed by atoms with Gasteiger partial charge in [0.2, 0.25) is 5.91 Å². The Morgan fingerprint density at radius 3 is 2.82 bits per heavy atom. The monoisotopic (exact) mass is 308 g/mol. The van der Waals surface area contributed by atoms with Crippen molar-refractivity contribution in [1.29, 1.82) is 0 Å². The van der Waals surface area contributed by atoms with E-state index < -0.39 is 19.1 Å². The molecule has 4 N–H and O–H groups in total. The van der Waals surface area contributed by atoms with E-state index in [0.29, 0.717) is 24.8 Å². The molecule has 5 atom stereocenters. The van der Waals surface area contributed by atoms with Crippen molar-refractivity contribution in [2.45, 2.75) is 70.3 Å². The lowest BCUT2D eigenvalue weighted by molar-refractivity contribution is -0.138. The molecule has 1 saturated heterocycles. The highest BCUT2D eigenvalue weighted by Gasteiger charge is 2.50. The third-order valence-corrected chi connectivity index (χ3v) is 6.33. The molecule has 124 valence electrons. The maximum atomic E-state index is 12.9. The second-order valence-electron chi connectivity index (χ2n) is 8.00. The van der Waals surface area contributed by atoms with Crippen LogP contribution in [0.25, 0.3) is 0 Å². The first-order valence-electron chi connectivity index (χ1n) is 8.85. The Morgan fingerprint density at radius 2 is 2.09 bits per heavy atom. The second kappa shape index (κ2) is 6.14. The molecule has 1 aliphatic heterocycles. The number of likely N-dealkylation sites (tertiary alicyclic amines) is 1. The lowest BCUT2D eigenvalue weighted by Crippen LogP contribution is -2.59. The van der Waals surface area contributed by atoms with Crippen LogP contribution >= 0.6 is 0 Å². The quantitative estimate of drug-likeness (QED) is 0.677. The van der Waals surface area contributed by atoms with Crippen LogP contribution in [0.15, 0.2) is 0 Å². The third-order valence-electron chi connectivity index (χ3n) is 6.33. The molecule has 0 aromatic rings. The van der Waals surface area contributed by atoms with Crippen LogP contribution in [0, 0.1) is 17.3 Å². The van der Waals surface area contributed by atoms with Gasteiger partial charge in [-0.05, 0) is 55.8 Å². The Bertz CT molecular complexity index is 430. The molecule has 5 nitrogen and oxygen atoms in total. The molecule has 2 saturated carbocycles. The van der Waals surface area contributed by atoms with E-state index in [0.717, 1.165) is 25.7 Å². The summed E-state index contributed by atoms with van der Waals surface area (Å²) in [5, 5.41) is 19.0. The Morgan fingerprint density at radius 1 is 1.32 bits per heavy atom. The normalized spacial score (nSPS) is 39.6. The van der Waals surface area contributed by atoms with Crippen LogP contribution in [0.2, 0.25) is 0 Å². The molecule has 22 heavy (non-hydrogen) atoms. The molecule has 2 aliphatic carbocycles. The molecule has 3 fully saturated rings. The summed E-state index contributed by atoms with van der Waals surface area (Å²) < 4.78 is 0. The zero-order chi connectivity index (χ0) is 15.9. The van der Waals surface area contributed by atoms with Crippen LogP contribution < -0.4 is 5.73 Å². The average molecular weight is 308 g/mol. The number of carbonyl (C=O) groups excluding carboxylic acids is 1. The number of nitrogens with two attached hydrogens (primary N) is 1. The summed E-state index contributed by atoms with van der Waals surface area (Å²) in [6.45, 7) is 2.88. The number of hydrogen-bond donors (Lipinski definition) is 3. The largest absolute Gasteiger partial charge is 0.475 e. The lowest BCUT2D eigenvalue weighted by atomic mass is 9.56. The first-order chi connectivity index (χ1) is 10.4. The predicted molar refractivity (Wildman–Crippen MR) is 85.7 cm³/mol. The highest BCUT2D eigenvalue weighted by Crippen LogP contribution is 2.52. The molecule has 0 spiro atoms. The molecule has 2 bridgehead atoms. The van der Waals surface area contributed by atoms with Gasteiger partial charge in [0.25, 0.3) is 0 Å². The van der Waals surface area contributed by atoms with E-state index in [2.05, 4.69) is 6.92 Å². The van der Waals surface area contributed by atoms with Gasteiger partial charge in [0.05, 0.1) is 12.0 Å². The molecule has 6 heteroatoms. The van der Waals surface area contributed by atoms with E-state index >= 15 is 0 Å². The summed E-state index contributed by atoms with van der Waals surface area (Å²) in [5.74, 6) is 0.811. The van der Waals surface area contributed by atoms with E-state index in [-0.39, 0.29) is 11.3 Å². The van der Waals surface area contributed by atoms with Crippen LogP contribution in [0.4, 0.5) is 0 Å². The van der Waals surface area contributed by atoms with Gasteiger partial charge in [-0.25, -0.2) is 0 Å². The van der Waals surface area contributed by atoms with Crippen LogP contribution in [-0.4, -0.2) is 46.5 Å². The number of fused-ring (bicyclic) bond motifs is 2. The van der Waals surface area contributed by atoms with Gasteiger partial charge in [-0.15, -0.1) is 0 Å². The summed E-state index contributed by atoms with van der Waals surface area (Å²) in [4.78, 5) is 14.6. The van der Waals surface area contributed by atoms with Crippen molar-refractivity contribution in [3.05, 3.63) is 0 Å². The Kier molecular flexibility index (Phi) is 4.54. The summed E-state index contributed by atoms with van der Waals surface area (Å²) in [6, 6.07) is -0.489. The van der Waals surface area contributed by atoms with Gasteiger partial charge in [-0.1, -0.05) is 19.8 Å². The van der Waals surface area contributed by atoms with Crippen molar-refractivity contribution in [2.75, 3.05) is 6.54 Å². The van der Waals surface area contributed by atoms with Crippen molar-refractivity contribution in [2.24, 2.45) is 23.0 Å². The van der Waals surface area contributed by atoms with Crippen molar-refractivity contribution >= 4 is 13.0 Å². The average Bonchev–Trinajstić information content (AvgIpc) is 2.94. The maximum Gasteiger partial charge on any atom is 0.475 e. The fourth-order valence-corrected chi connectivity index (χ4v) is 5.48. The Hall–Kier alpha value is -0.585. The second-order valence-corrected chi connectivity index (χ2v) is 8.00. The Labute approximate surface area is 133 Å². The number of amides is 1. The fourth-order valence-electron chi connectivity index (χ4n) is 5.48. The summed E-state index contributed by atoms with van der Waals surface area (Å²) >= 11 is 0. The Balaban J connectivity index is 1.77. The van der Waals surface area contributed by atoms with Gasteiger partial charge >= 0.3 is 7.12 Å². The molecule has 0 radical (unpaired) electrons. The molecule has 1 heterocycles. The maximum absolute atomic E-state index is 12.9. The fraction of sp³-hybridized carbons (Fsp3) is 0.938. The molecule has 3 unspecified atom stereocenters. The van der Waals surface area contributed by atoms with Crippen molar-refractivity contribution < 1.29 is 14.8 Å². The standard InChI is InChI=1S/C16H29BN2O3/c1-11-8-12-4-2-6-16(9-11,10-12)14(18)15(20)19-7-3-5-13(19)17(21)22/h11-14,21-22H,2-10,18H2,1H3/t11?,12?,13-,14+,16?/m0/s1. The molecule has 0 aromatic heterocycles. The van der Waals surface area contributed by atoms with E-state index in [1.54, 1.807) is 4.90 Å².